The van der Waals surface area contributed by atoms with Crippen LogP contribution in [0.4, 0.5) is 0 Å². The van der Waals surface area contributed by atoms with E-state index in [9.17, 15) is 10.2 Å². The Bertz CT molecular complexity index is 486. The number of phenolic OH excluding ortho intramolecular Hbond substituents is 1. The highest BCUT2D eigenvalue weighted by atomic mass is 16.3. The SMILES string of the molecule is CCNC(=NCC(CCO)CC(C)C)NCCCc1ccc(O)cc1. The van der Waals surface area contributed by atoms with Crippen molar-refractivity contribution in [3.8, 4) is 5.75 Å². The number of guanidine groups is 1. The van der Waals surface area contributed by atoms with E-state index in [4.69, 9.17) is 4.99 Å². The van der Waals surface area contributed by atoms with Gasteiger partial charge in [0, 0.05) is 26.2 Å². The average molecular weight is 350 g/mol. The zero-order valence-electron chi connectivity index (χ0n) is 16.0. The topological polar surface area (TPSA) is 76.9 Å². The van der Waals surface area contributed by atoms with E-state index in [1.54, 1.807) is 12.1 Å². The van der Waals surface area contributed by atoms with E-state index in [1.165, 1.54) is 5.56 Å². The van der Waals surface area contributed by atoms with E-state index in [0.29, 0.717) is 17.6 Å². The first-order chi connectivity index (χ1) is 12.0. The number of aromatic hydroxyl groups is 1. The van der Waals surface area contributed by atoms with E-state index < -0.39 is 0 Å². The molecule has 0 fully saturated rings. The van der Waals surface area contributed by atoms with Gasteiger partial charge < -0.3 is 20.8 Å². The molecule has 0 bridgehead atoms. The first kappa shape index (κ1) is 21.3. The van der Waals surface area contributed by atoms with E-state index in [2.05, 4.69) is 31.4 Å². The van der Waals surface area contributed by atoms with E-state index in [0.717, 1.165) is 51.3 Å². The molecule has 0 aliphatic carbocycles. The summed E-state index contributed by atoms with van der Waals surface area (Å²) in [5.41, 5.74) is 1.22. The number of nitrogens with one attached hydrogen (secondary N) is 2. The van der Waals surface area contributed by atoms with Gasteiger partial charge >= 0.3 is 0 Å². The van der Waals surface area contributed by atoms with Gasteiger partial charge in [0.05, 0.1) is 0 Å². The molecule has 1 rings (SSSR count). The summed E-state index contributed by atoms with van der Waals surface area (Å²) in [6.07, 6.45) is 3.86. The predicted molar refractivity (Wildman–Crippen MR) is 105 cm³/mol. The summed E-state index contributed by atoms with van der Waals surface area (Å²) in [7, 11) is 0. The van der Waals surface area contributed by atoms with Gasteiger partial charge in [-0.05, 0) is 62.1 Å². The maximum Gasteiger partial charge on any atom is 0.191 e. The second-order valence-corrected chi connectivity index (χ2v) is 6.92. The van der Waals surface area contributed by atoms with E-state index in [-0.39, 0.29) is 6.61 Å². The van der Waals surface area contributed by atoms with Crippen LogP contribution in [0.15, 0.2) is 29.3 Å². The van der Waals surface area contributed by atoms with Gasteiger partial charge in [0.15, 0.2) is 5.96 Å². The van der Waals surface area contributed by atoms with Crippen molar-refractivity contribution in [3.63, 3.8) is 0 Å². The summed E-state index contributed by atoms with van der Waals surface area (Å²) in [5.74, 6) is 2.20. The number of benzene rings is 1. The fourth-order valence-electron chi connectivity index (χ4n) is 2.86. The molecule has 1 aromatic rings. The Balaban J connectivity index is 2.41. The molecule has 0 aliphatic rings. The molecular weight excluding hydrogens is 314 g/mol. The molecule has 0 amide bonds. The zero-order chi connectivity index (χ0) is 18.5. The summed E-state index contributed by atoms with van der Waals surface area (Å²) in [6.45, 7) is 9.13. The van der Waals surface area contributed by atoms with E-state index in [1.807, 2.05) is 12.1 Å². The van der Waals surface area contributed by atoms with Crippen LogP contribution in [0.5, 0.6) is 5.75 Å². The first-order valence-electron chi connectivity index (χ1n) is 9.46. The number of aliphatic hydroxyl groups is 1. The second-order valence-electron chi connectivity index (χ2n) is 6.92. The monoisotopic (exact) mass is 349 g/mol. The molecule has 4 N–H and O–H groups in total. The molecule has 1 aromatic carbocycles. The summed E-state index contributed by atoms with van der Waals surface area (Å²) in [5, 5.41) is 25.2. The fourth-order valence-corrected chi connectivity index (χ4v) is 2.86. The molecule has 0 spiro atoms. The lowest BCUT2D eigenvalue weighted by atomic mass is 9.94. The molecule has 0 aliphatic heterocycles. The smallest absolute Gasteiger partial charge is 0.191 e. The highest BCUT2D eigenvalue weighted by Crippen LogP contribution is 2.15. The van der Waals surface area contributed by atoms with Crippen LogP contribution in [0.2, 0.25) is 0 Å². The Hall–Kier alpha value is -1.75. The Morgan fingerprint density at radius 1 is 1.16 bits per heavy atom. The van der Waals surface area contributed by atoms with Crippen LogP contribution < -0.4 is 10.6 Å². The number of hydrogen-bond donors (Lipinski definition) is 4. The van der Waals surface area contributed by atoms with Crippen molar-refractivity contribution in [2.75, 3.05) is 26.2 Å². The van der Waals surface area contributed by atoms with Crippen LogP contribution in [0.25, 0.3) is 0 Å². The summed E-state index contributed by atoms with van der Waals surface area (Å²) < 4.78 is 0. The van der Waals surface area contributed by atoms with E-state index >= 15 is 0 Å². The molecule has 25 heavy (non-hydrogen) atoms. The zero-order valence-corrected chi connectivity index (χ0v) is 16.0. The lowest BCUT2D eigenvalue weighted by molar-refractivity contribution is 0.245. The number of phenols is 1. The molecule has 5 nitrogen and oxygen atoms in total. The van der Waals surface area contributed by atoms with Crippen LogP contribution in [0, 0.1) is 11.8 Å². The molecule has 0 saturated heterocycles. The van der Waals surface area contributed by atoms with Gasteiger partial charge in [-0.3, -0.25) is 4.99 Å². The summed E-state index contributed by atoms with van der Waals surface area (Å²) >= 11 is 0. The van der Waals surface area contributed by atoms with Crippen LogP contribution >= 0.6 is 0 Å². The normalized spacial score (nSPS) is 13.1. The second kappa shape index (κ2) is 12.6. The number of aryl methyl sites for hydroxylation is 1. The maximum atomic E-state index is 9.30. The van der Waals surface area contributed by atoms with Crippen molar-refractivity contribution in [2.45, 2.75) is 46.5 Å². The molecule has 1 unspecified atom stereocenters. The quantitative estimate of drug-likeness (QED) is 0.281. The van der Waals surface area contributed by atoms with Gasteiger partial charge in [-0.15, -0.1) is 0 Å². The third kappa shape index (κ3) is 9.97. The van der Waals surface area contributed by atoms with Gasteiger partial charge in [-0.1, -0.05) is 26.0 Å². The largest absolute Gasteiger partial charge is 0.508 e. The van der Waals surface area contributed by atoms with Crippen LogP contribution in [-0.4, -0.2) is 42.4 Å². The number of aliphatic imine (C=N–C) groups is 1. The summed E-state index contributed by atoms with van der Waals surface area (Å²) in [4.78, 5) is 4.69. The molecule has 142 valence electrons. The Kier molecular flexibility index (Phi) is 10.7. The van der Waals surface area contributed by atoms with Crippen molar-refractivity contribution < 1.29 is 10.2 Å². The van der Waals surface area contributed by atoms with Crippen molar-refractivity contribution in [2.24, 2.45) is 16.8 Å². The minimum atomic E-state index is 0.226. The molecule has 0 radical (unpaired) electrons. The number of aliphatic hydroxyl groups excluding tert-OH is 1. The molecule has 0 saturated carbocycles. The Morgan fingerprint density at radius 2 is 1.88 bits per heavy atom. The standard InChI is InChI=1S/C20H35N3O2/c1-4-21-20(23-15-18(11-13-24)14-16(2)3)22-12-5-6-17-7-9-19(25)10-8-17/h7-10,16,18,24-25H,4-6,11-15H2,1-3H3,(H2,21,22,23). The summed E-state index contributed by atoms with van der Waals surface area (Å²) in [6, 6.07) is 7.37. The third-order valence-corrected chi connectivity index (χ3v) is 4.06. The predicted octanol–water partition coefficient (Wildman–Crippen LogP) is 2.92. The highest BCUT2D eigenvalue weighted by Gasteiger charge is 2.10. The van der Waals surface area contributed by atoms with Gasteiger partial charge in [0.1, 0.15) is 5.75 Å². The van der Waals surface area contributed by atoms with Crippen molar-refractivity contribution in [1.29, 1.82) is 0 Å². The minimum absolute atomic E-state index is 0.226. The van der Waals surface area contributed by atoms with Gasteiger partial charge in [0.2, 0.25) is 0 Å². The van der Waals surface area contributed by atoms with Gasteiger partial charge in [0.25, 0.3) is 0 Å². The average Bonchev–Trinajstić information content (AvgIpc) is 2.57. The molecule has 1 atom stereocenters. The lowest BCUT2D eigenvalue weighted by Crippen LogP contribution is -2.38. The molecule has 5 heteroatoms. The Labute approximate surface area is 152 Å². The molecule has 0 heterocycles. The van der Waals surface area contributed by atoms with Crippen molar-refractivity contribution >= 4 is 5.96 Å². The van der Waals surface area contributed by atoms with Gasteiger partial charge in [-0.2, -0.15) is 0 Å². The number of nitrogens with zero attached hydrogens (tertiary/aromatic N) is 1. The maximum absolute atomic E-state index is 9.30. The first-order valence-corrected chi connectivity index (χ1v) is 9.46. The number of hydrogen-bond acceptors (Lipinski definition) is 3. The van der Waals surface area contributed by atoms with Gasteiger partial charge in [-0.25, -0.2) is 0 Å². The Morgan fingerprint density at radius 3 is 2.48 bits per heavy atom. The van der Waals surface area contributed by atoms with Crippen molar-refractivity contribution in [1.82, 2.24) is 10.6 Å². The third-order valence-electron chi connectivity index (χ3n) is 4.06. The minimum Gasteiger partial charge on any atom is -0.508 e. The van der Waals surface area contributed by atoms with Crippen LogP contribution in [0.1, 0.15) is 45.6 Å². The van der Waals surface area contributed by atoms with Crippen molar-refractivity contribution in [3.05, 3.63) is 29.8 Å². The van der Waals surface area contributed by atoms with Crippen LogP contribution in [-0.2, 0) is 6.42 Å². The molecule has 0 aromatic heterocycles. The highest BCUT2D eigenvalue weighted by molar-refractivity contribution is 5.79. The molecular formula is C20H35N3O2. The fraction of sp³-hybridized carbons (Fsp3) is 0.650. The number of rotatable bonds is 11. The lowest BCUT2D eigenvalue weighted by Gasteiger charge is -2.17. The van der Waals surface area contributed by atoms with Crippen LogP contribution in [0.3, 0.4) is 0 Å².